The van der Waals surface area contributed by atoms with E-state index < -0.39 is 0 Å². The van der Waals surface area contributed by atoms with E-state index in [9.17, 15) is 0 Å². The van der Waals surface area contributed by atoms with Gasteiger partial charge in [0.1, 0.15) is 0 Å². The molecule has 0 aliphatic rings. The molecular weight excluding hydrogens is 178 g/mol. The molecule has 0 unspecified atom stereocenters. The summed E-state index contributed by atoms with van der Waals surface area (Å²) in [5.41, 5.74) is 1.41. The molecule has 0 saturated carbocycles. The lowest BCUT2D eigenvalue weighted by molar-refractivity contribution is 0.733. The van der Waals surface area contributed by atoms with Crippen molar-refractivity contribution < 1.29 is 0 Å². The summed E-state index contributed by atoms with van der Waals surface area (Å²) >= 11 is 1.83. The van der Waals surface area contributed by atoms with Crippen LogP contribution in [0.2, 0.25) is 0 Å². The molecule has 0 atom stereocenters. The number of hydrogen-bond acceptors (Lipinski definition) is 2. The molecule has 3 heteroatoms. The van der Waals surface area contributed by atoms with Gasteiger partial charge in [-0.25, -0.2) is 0 Å². The zero-order valence-corrected chi connectivity index (χ0v) is 8.52. The van der Waals surface area contributed by atoms with Crippen molar-refractivity contribution in [2.24, 2.45) is 0 Å². The van der Waals surface area contributed by atoms with Gasteiger partial charge in [0.15, 0.2) is 0 Å². The molecule has 0 spiro atoms. The van der Waals surface area contributed by atoms with Crippen molar-refractivity contribution in [1.29, 1.82) is 0 Å². The van der Waals surface area contributed by atoms with Crippen LogP contribution in [-0.2, 0) is 6.54 Å². The predicted molar refractivity (Wildman–Crippen MR) is 53.7 cm³/mol. The molecule has 1 N–H and O–H groups in total. The first-order valence-corrected chi connectivity index (χ1v) is 4.46. The maximum absolute atomic E-state index is 3.30. The molecular formula is C8H14ClNS. The van der Waals surface area contributed by atoms with Crippen molar-refractivity contribution in [2.45, 2.75) is 20.4 Å². The third-order valence-electron chi connectivity index (χ3n) is 1.50. The van der Waals surface area contributed by atoms with Crippen LogP contribution in [0, 0.1) is 6.92 Å². The SMILES string of the molecule is CCNCc1sccc1C.Cl. The first-order chi connectivity index (χ1) is 4.84. The smallest absolute Gasteiger partial charge is 0.0302 e. The number of aryl methyl sites for hydroxylation is 1. The van der Waals surface area contributed by atoms with E-state index >= 15 is 0 Å². The number of rotatable bonds is 3. The van der Waals surface area contributed by atoms with Crippen LogP contribution in [0.1, 0.15) is 17.4 Å². The Kier molecular flexibility index (Phi) is 5.56. The molecule has 1 heterocycles. The Morgan fingerprint density at radius 1 is 1.55 bits per heavy atom. The Bertz CT molecular complexity index is 198. The maximum atomic E-state index is 3.30. The monoisotopic (exact) mass is 191 g/mol. The first kappa shape index (κ1) is 11.0. The molecule has 0 fully saturated rings. The molecule has 0 bridgehead atoms. The van der Waals surface area contributed by atoms with E-state index in [1.54, 1.807) is 0 Å². The summed E-state index contributed by atoms with van der Waals surface area (Å²) in [5.74, 6) is 0. The van der Waals surface area contributed by atoms with E-state index in [1.165, 1.54) is 10.4 Å². The quantitative estimate of drug-likeness (QED) is 0.775. The summed E-state index contributed by atoms with van der Waals surface area (Å²) in [6.45, 7) is 6.36. The Morgan fingerprint density at radius 2 is 2.27 bits per heavy atom. The molecule has 1 rings (SSSR count). The van der Waals surface area contributed by atoms with Crippen molar-refractivity contribution in [3.63, 3.8) is 0 Å². The second-order valence-corrected chi connectivity index (χ2v) is 3.31. The lowest BCUT2D eigenvalue weighted by Crippen LogP contribution is -2.11. The minimum absolute atomic E-state index is 0. The standard InChI is InChI=1S/C8H13NS.ClH/c1-3-9-6-8-7(2)4-5-10-8;/h4-5,9H,3,6H2,1-2H3;1H. The maximum Gasteiger partial charge on any atom is 0.0302 e. The van der Waals surface area contributed by atoms with Gasteiger partial charge < -0.3 is 5.32 Å². The van der Waals surface area contributed by atoms with Crippen LogP contribution in [0.4, 0.5) is 0 Å². The molecule has 0 radical (unpaired) electrons. The van der Waals surface area contributed by atoms with Crippen molar-refractivity contribution in [3.8, 4) is 0 Å². The second-order valence-electron chi connectivity index (χ2n) is 2.31. The molecule has 1 nitrogen and oxygen atoms in total. The van der Waals surface area contributed by atoms with Gasteiger partial charge in [-0.05, 0) is 30.5 Å². The Morgan fingerprint density at radius 3 is 2.73 bits per heavy atom. The minimum Gasteiger partial charge on any atom is -0.312 e. The van der Waals surface area contributed by atoms with Crippen LogP contribution in [0.5, 0.6) is 0 Å². The molecule has 0 aromatic carbocycles. The number of thiophene rings is 1. The highest BCUT2D eigenvalue weighted by molar-refractivity contribution is 7.10. The summed E-state index contributed by atoms with van der Waals surface area (Å²) in [4.78, 5) is 1.46. The number of halogens is 1. The van der Waals surface area contributed by atoms with Crippen LogP contribution in [0.15, 0.2) is 11.4 Å². The van der Waals surface area contributed by atoms with E-state index in [4.69, 9.17) is 0 Å². The van der Waals surface area contributed by atoms with Gasteiger partial charge in [0.05, 0.1) is 0 Å². The van der Waals surface area contributed by atoms with Gasteiger partial charge in [0.2, 0.25) is 0 Å². The highest BCUT2D eigenvalue weighted by Crippen LogP contribution is 2.14. The number of hydrogen-bond donors (Lipinski definition) is 1. The second kappa shape index (κ2) is 5.58. The predicted octanol–water partition coefficient (Wildman–Crippen LogP) is 2.59. The molecule has 64 valence electrons. The van der Waals surface area contributed by atoms with Crippen LogP contribution in [0.25, 0.3) is 0 Å². The van der Waals surface area contributed by atoms with Crippen molar-refractivity contribution in [3.05, 3.63) is 21.9 Å². The van der Waals surface area contributed by atoms with Gasteiger partial charge >= 0.3 is 0 Å². The number of nitrogens with one attached hydrogen (secondary N) is 1. The van der Waals surface area contributed by atoms with E-state index in [-0.39, 0.29) is 12.4 Å². The van der Waals surface area contributed by atoms with Crippen LogP contribution >= 0.6 is 23.7 Å². The fourth-order valence-electron chi connectivity index (χ4n) is 0.824. The summed E-state index contributed by atoms with van der Waals surface area (Å²) in [7, 11) is 0. The molecule has 0 aliphatic heterocycles. The van der Waals surface area contributed by atoms with Crippen molar-refractivity contribution in [1.82, 2.24) is 5.32 Å². The fourth-order valence-corrected chi connectivity index (χ4v) is 1.70. The van der Waals surface area contributed by atoms with Crippen molar-refractivity contribution >= 4 is 23.7 Å². The third-order valence-corrected chi connectivity index (χ3v) is 2.53. The molecule has 0 aliphatic carbocycles. The average Bonchev–Trinajstić information content (AvgIpc) is 2.31. The van der Waals surface area contributed by atoms with E-state index in [0.717, 1.165) is 13.1 Å². The van der Waals surface area contributed by atoms with Gasteiger partial charge in [-0.3, -0.25) is 0 Å². The van der Waals surface area contributed by atoms with Crippen molar-refractivity contribution in [2.75, 3.05) is 6.54 Å². The normalized spacial score (nSPS) is 9.27. The Balaban J connectivity index is 0.000001000. The average molecular weight is 192 g/mol. The molecule has 0 saturated heterocycles. The summed E-state index contributed by atoms with van der Waals surface area (Å²) in [6.07, 6.45) is 0. The van der Waals surface area contributed by atoms with Gasteiger partial charge in [-0.1, -0.05) is 6.92 Å². The first-order valence-electron chi connectivity index (χ1n) is 3.58. The molecule has 0 amide bonds. The summed E-state index contributed by atoms with van der Waals surface area (Å²) < 4.78 is 0. The Labute approximate surface area is 78.2 Å². The molecule has 1 aromatic rings. The van der Waals surface area contributed by atoms with Crippen LogP contribution < -0.4 is 5.32 Å². The zero-order valence-electron chi connectivity index (χ0n) is 6.89. The topological polar surface area (TPSA) is 12.0 Å². The highest BCUT2D eigenvalue weighted by Gasteiger charge is 1.96. The van der Waals surface area contributed by atoms with E-state index in [1.807, 2.05) is 11.3 Å². The lowest BCUT2D eigenvalue weighted by Gasteiger charge is -1.98. The van der Waals surface area contributed by atoms with Gasteiger partial charge in [-0.2, -0.15) is 0 Å². The molecule has 11 heavy (non-hydrogen) atoms. The van der Waals surface area contributed by atoms with Gasteiger partial charge in [0, 0.05) is 11.4 Å². The summed E-state index contributed by atoms with van der Waals surface area (Å²) in [6, 6.07) is 2.16. The Hall–Kier alpha value is -0.0500. The van der Waals surface area contributed by atoms with Gasteiger partial charge in [0.25, 0.3) is 0 Å². The third kappa shape index (κ3) is 3.23. The van der Waals surface area contributed by atoms with Crippen LogP contribution in [0.3, 0.4) is 0 Å². The fraction of sp³-hybridized carbons (Fsp3) is 0.500. The lowest BCUT2D eigenvalue weighted by atomic mass is 10.3. The zero-order chi connectivity index (χ0) is 7.40. The van der Waals surface area contributed by atoms with Gasteiger partial charge in [-0.15, -0.1) is 23.7 Å². The summed E-state index contributed by atoms with van der Waals surface area (Å²) in [5, 5.41) is 5.44. The highest BCUT2D eigenvalue weighted by atomic mass is 35.5. The van der Waals surface area contributed by atoms with Crippen LogP contribution in [-0.4, -0.2) is 6.54 Å². The minimum atomic E-state index is 0. The molecule has 1 aromatic heterocycles. The van der Waals surface area contributed by atoms with E-state index in [0.29, 0.717) is 0 Å². The van der Waals surface area contributed by atoms with E-state index in [2.05, 4.69) is 30.6 Å². The largest absolute Gasteiger partial charge is 0.312 e.